The molecule has 0 aliphatic rings. The number of benzene rings is 1. The summed E-state index contributed by atoms with van der Waals surface area (Å²) in [5.74, 6) is -1.24. The molecule has 2 rings (SSSR count). The van der Waals surface area contributed by atoms with Crippen molar-refractivity contribution in [2.75, 3.05) is 0 Å². The standard InChI is InChI=1S/C14H10FN3/c1-18-7-3-6-14(18)12(9-17)10-4-2-5-13(15)11(10)8-16/h2-7,12H,1H3/t12-/m1/s1. The monoisotopic (exact) mass is 239 g/mol. The molecule has 1 atom stereocenters. The maximum Gasteiger partial charge on any atom is 0.141 e. The van der Waals surface area contributed by atoms with E-state index in [1.807, 2.05) is 25.4 Å². The third-order valence-electron chi connectivity index (χ3n) is 2.88. The molecular formula is C14H10FN3. The number of hydrogen-bond acceptors (Lipinski definition) is 2. The molecule has 0 fully saturated rings. The van der Waals surface area contributed by atoms with E-state index < -0.39 is 11.7 Å². The lowest BCUT2D eigenvalue weighted by atomic mass is 9.93. The summed E-state index contributed by atoms with van der Waals surface area (Å²) in [5.41, 5.74) is 1.08. The molecule has 0 aliphatic heterocycles. The van der Waals surface area contributed by atoms with Crippen LogP contribution in [0, 0.1) is 28.5 Å². The molecule has 4 heteroatoms. The molecule has 1 aromatic heterocycles. The molecule has 1 aromatic carbocycles. The molecule has 0 bridgehead atoms. The molecule has 0 unspecified atom stereocenters. The van der Waals surface area contributed by atoms with Gasteiger partial charge in [-0.05, 0) is 23.8 Å². The van der Waals surface area contributed by atoms with Gasteiger partial charge in [0, 0.05) is 18.9 Å². The van der Waals surface area contributed by atoms with Gasteiger partial charge in [-0.1, -0.05) is 12.1 Å². The van der Waals surface area contributed by atoms with Crippen molar-refractivity contribution in [1.82, 2.24) is 4.57 Å². The van der Waals surface area contributed by atoms with Crippen LogP contribution in [0.1, 0.15) is 22.7 Å². The molecule has 0 radical (unpaired) electrons. The van der Waals surface area contributed by atoms with Crippen LogP contribution in [0.25, 0.3) is 0 Å². The highest BCUT2D eigenvalue weighted by Gasteiger charge is 2.21. The minimum atomic E-state index is -0.643. The first kappa shape index (κ1) is 11.9. The van der Waals surface area contributed by atoms with Crippen LogP contribution in [0.15, 0.2) is 36.5 Å². The summed E-state index contributed by atoms with van der Waals surface area (Å²) < 4.78 is 15.3. The van der Waals surface area contributed by atoms with Gasteiger partial charge in [0.05, 0.1) is 11.6 Å². The first-order valence-corrected chi connectivity index (χ1v) is 5.38. The van der Waals surface area contributed by atoms with Gasteiger partial charge in [-0.2, -0.15) is 10.5 Å². The number of nitriles is 2. The highest BCUT2D eigenvalue weighted by molar-refractivity contribution is 5.47. The summed E-state index contributed by atoms with van der Waals surface area (Å²) in [6.07, 6.45) is 1.81. The van der Waals surface area contributed by atoms with Gasteiger partial charge >= 0.3 is 0 Å². The average molecular weight is 239 g/mol. The molecule has 3 nitrogen and oxygen atoms in total. The number of aromatic nitrogens is 1. The Bertz CT molecular complexity index is 658. The third-order valence-corrected chi connectivity index (χ3v) is 2.88. The van der Waals surface area contributed by atoms with Crippen molar-refractivity contribution in [3.63, 3.8) is 0 Å². The largest absolute Gasteiger partial charge is 0.353 e. The molecule has 0 amide bonds. The lowest BCUT2D eigenvalue weighted by Gasteiger charge is -2.12. The van der Waals surface area contributed by atoms with Crippen LogP contribution in [-0.4, -0.2) is 4.57 Å². The molecule has 18 heavy (non-hydrogen) atoms. The van der Waals surface area contributed by atoms with Crippen LogP contribution in [0.2, 0.25) is 0 Å². The van der Waals surface area contributed by atoms with Crippen molar-refractivity contribution in [1.29, 1.82) is 10.5 Å². The van der Waals surface area contributed by atoms with E-state index in [1.165, 1.54) is 12.1 Å². The first-order valence-electron chi connectivity index (χ1n) is 5.38. The molecule has 0 saturated heterocycles. The number of aryl methyl sites for hydroxylation is 1. The van der Waals surface area contributed by atoms with Crippen molar-refractivity contribution in [3.8, 4) is 12.1 Å². The topological polar surface area (TPSA) is 52.5 Å². The zero-order chi connectivity index (χ0) is 13.1. The van der Waals surface area contributed by atoms with Crippen LogP contribution in [0.5, 0.6) is 0 Å². The maximum absolute atomic E-state index is 13.6. The Morgan fingerprint density at radius 1 is 1.22 bits per heavy atom. The molecule has 0 spiro atoms. The molecule has 88 valence electrons. The zero-order valence-corrected chi connectivity index (χ0v) is 9.76. The van der Waals surface area contributed by atoms with Crippen molar-refractivity contribution in [2.24, 2.45) is 7.05 Å². The lowest BCUT2D eigenvalue weighted by molar-refractivity contribution is 0.620. The number of halogens is 1. The summed E-state index contributed by atoms with van der Waals surface area (Å²) in [6.45, 7) is 0. The van der Waals surface area contributed by atoms with Crippen LogP contribution in [0.3, 0.4) is 0 Å². The maximum atomic E-state index is 13.6. The van der Waals surface area contributed by atoms with Gasteiger partial charge in [-0.25, -0.2) is 4.39 Å². The molecule has 0 saturated carbocycles. The fourth-order valence-corrected chi connectivity index (χ4v) is 1.97. The molecule has 2 aromatic rings. The van der Waals surface area contributed by atoms with E-state index in [1.54, 1.807) is 16.7 Å². The number of hydrogen-bond donors (Lipinski definition) is 0. The van der Waals surface area contributed by atoms with E-state index in [-0.39, 0.29) is 5.56 Å². The Morgan fingerprint density at radius 3 is 2.56 bits per heavy atom. The van der Waals surface area contributed by atoms with E-state index in [9.17, 15) is 9.65 Å². The SMILES string of the molecule is Cn1cccc1[C@H](C#N)c1cccc(F)c1C#N. The van der Waals surface area contributed by atoms with Crippen LogP contribution in [0.4, 0.5) is 4.39 Å². The number of rotatable bonds is 2. The van der Waals surface area contributed by atoms with Crippen molar-refractivity contribution < 1.29 is 4.39 Å². The fraction of sp³-hybridized carbons (Fsp3) is 0.143. The highest BCUT2D eigenvalue weighted by atomic mass is 19.1. The van der Waals surface area contributed by atoms with E-state index in [2.05, 4.69) is 6.07 Å². The quantitative estimate of drug-likeness (QED) is 0.809. The Balaban J connectivity index is 2.61. The Hall–Kier alpha value is -2.59. The molecule has 0 aliphatic carbocycles. The average Bonchev–Trinajstić information content (AvgIpc) is 2.77. The second-order valence-electron chi connectivity index (χ2n) is 3.92. The minimum Gasteiger partial charge on any atom is -0.353 e. The predicted octanol–water partition coefficient (Wildman–Crippen LogP) is 2.69. The van der Waals surface area contributed by atoms with Gasteiger partial charge in [0.15, 0.2) is 0 Å². The molecule has 1 heterocycles. The Labute approximate surface area is 104 Å². The minimum absolute atomic E-state index is 0.0646. The van der Waals surface area contributed by atoms with Gasteiger partial charge in [0.1, 0.15) is 17.8 Å². The van der Waals surface area contributed by atoms with Gasteiger partial charge in [0.2, 0.25) is 0 Å². The predicted molar refractivity (Wildman–Crippen MR) is 64.0 cm³/mol. The number of nitrogens with zero attached hydrogens (tertiary/aromatic N) is 3. The Morgan fingerprint density at radius 2 is 2.00 bits per heavy atom. The summed E-state index contributed by atoms with van der Waals surface area (Å²) in [7, 11) is 1.81. The van der Waals surface area contributed by atoms with Crippen LogP contribution in [-0.2, 0) is 7.05 Å². The van der Waals surface area contributed by atoms with Crippen LogP contribution >= 0.6 is 0 Å². The zero-order valence-electron chi connectivity index (χ0n) is 9.76. The van der Waals surface area contributed by atoms with Gasteiger partial charge in [-0.3, -0.25) is 0 Å². The van der Waals surface area contributed by atoms with E-state index in [0.29, 0.717) is 5.56 Å². The lowest BCUT2D eigenvalue weighted by Crippen LogP contribution is -2.07. The fourth-order valence-electron chi connectivity index (χ4n) is 1.97. The highest BCUT2D eigenvalue weighted by Crippen LogP contribution is 2.27. The van der Waals surface area contributed by atoms with Crippen molar-refractivity contribution >= 4 is 0 Å². The molecular weight excluding hydrogens is 229 g/mol. The first-order chi connectivity index (χ1) is 8.69. The summed E-state index contributed by atoms with van der Waals surface area (Å²) in [5, 5.41) is 18.3. The van der Waals surface area contributed by atoms with Gasteiger partial charge < -0.3 is 4.57 Å². The summed E-state index contributed by atoms with van der Waals surface area (Å²) in [6, 6.07) is 11.9. The third kappa shape index (κ3) is 1.85. The van der Waals surface area contributed by atoms with Crippen molar-refractivity contribution in [3.05, 3.63) is 59.2 Å². The van der Waals surface area contributed by atoms with Gasteiger partial charge in [-0.15, -0.1) is 0 Å². The smallest absolute Gasteiger partial charge is 0.141 e. The van der Waals surface area contributed by atoms with E-state index >= 15 is 0 Å². The van der Waals surface area contributed by atoms with E-state index in [0.717, 1.165) is 5.69 Å². The van der Waals surface area contributed by atoms with Crippen LogP contribution < -0.4 is 0 Å². The second kappa shape index (κ2) is 4.73. The summed E-state index contributed by atoms with van der Waals surface area (Å²) >= 11 is 0. The Kier molecular flexibility index (Phi) is 3.12. The van der Waals surface area contributed by atoms with Gasteiger partial charge in [0.25, 0.3) is 0 Å². The van der Waals surface area contributed by atoms with Crippen molar-refractivity contribution in [2.45, 2.75) is 5.92 Å². The van der Waals surface area contributed by atoms with E-state index in [4.69, 9.17) is 5.26 Å². The molecule has 0 N–H and O–H groups in total. The summed E-state index contributed by atoms with van der Waals surface area (Å²) in [4.78, 5) is 0. The second-order valence-corrected chi connectivity index (χ2v) is 3.92. The normalized spacial score (nSPS) is 11.6.